The Hall–Kier alpha value is -2.05. The number of carbonyl (C=O) groups excluding carboxylic acids is 1. The van der Waals surface area contributed by atoms with Gasteiger partial charge in [-0.05, 0) is 48.9 Å². The summed E-state index contributed by atoms with van der Waals surface area (Å²) in [4.78, 5) is 12.0. The Morgan fingerprint density at radius 1 is 1.04 bits per heavy atom. The van der Waals surface area contributed by atoms with Gasteiger partial charge in [-0.3, -0.25) is 9.52 Å². The van der Waals surface area contributed by atoms with Gasteiger partial charge in [-0.1, -0.05) is 37.4 Å². The van der Waals surface area contributed by atoms with Gasteiger partial charge in [-0.25, -0.2) is 8.42 Å². The third-order valence-electron chi connectivity index (χ3n) is 3.53. The van der Waals surface area contributed by atoms with E-state index >= 15 is 0 Å². The molecule has 2 aromatic carbocycles. The van der Waals surface area contributed by atoms with Gasteiger partial charge in [0.1, 0.15) is 0 Å². The highest BCUT2D eigenvalue weighted by molar-refractivity contribution is 7.92. The zero-order valence-electron chi connectivity index (χ0n) is 14.0. The lowest BCUT2D eigenvalue weighted by Crippen LogP contribution is -2.14. The average molecular weight is 381 g/mol. The summed E-state index contributed by atoms with van der Waals surface area (Å²) >= 11 is 5.80. The fraction of sp³-hybridized carbons (Fsp3) is 0.278. The molecule has 0 atom stereocenters. The molecule has 2 rings (SSSR count). The largest absolute Gasteiger partial charge is 0.326 e. The van der Waals surface area contributed by atoms with Crippen molar-refractivity contribution in [1.82, 2.24) is 0 Å². The van der Waals surface area contributed by atoms with Crippen molar-refractivity contribution in [2.45, 2.75) is 37.5 Å². The maximum atomic E-state index is 12.5. The Labute approximate surface area is 153 Å². The first-order valence-corrected chi connectivity index (χ1v) is 9.95. The molecule has 1 amide bonds. The van der Waals surface area contributed by atoms with Crippen LogP contribution < -0.4 is 10.0 Å². The molecule has 134 valence electrons. The van der Waals surface area contributed by atoms with Crippen LogP contribution in [0.2, 0.25) is 5.02 Å². The van der Waals surface area contributed by atoms with E-state index in [1.165, 1.54) is 12.1 Å². The van der Waals surface area contributed by atoms with E-state index in [4.69, 9.17) is 11.6 Å². The Balaban J connectivity index is 2.08. The highest BCUT2D eigenvalue weighted by Crippen LogP contribution is 2.21. The lowest BCUT2D eigenvalue weighted by Gasteiger charge is -2.10. The molecule has 0 radical (unpaired) electrons. The summed E-state index contributed by atoms with van der Waals surface area (Å²) in [6, 6.07) is 12.6. The fourth-order valence-electron chi connectivity index (χ4n) is 2.23. The molecule has 0 heterocycles. The number of nitrogens with one attached hydrogen (secondary N) is 2. The van der Waals surface area contributed by atoms with Crippen LogP contribution >= 0.6 is 11.6 Å². The number of unbranched alkanes of at least 4 members (excludes halogenated alkanes) is 2. The molecular weight excluding hydrogens is 360 g/mol. The molecule has 2 aromatic rings. The Kier molecular flexibility index (Phi) is 6.84. The molecule has 0 aliphatic rings. The summed E-state index contributed by atoms with van der Waals surface area (Å²) in [6.45, 7) is 2.07. The predicted octanol–water partition coefficient (Wildman–Crippen LogP) is 4.66. The molecule has 0 saturated carbocycles. The van der Waals surface area contributed by atoms with Crippen LogP contribution in [0, 0.1) is 0 Å². The molecule has 0 aromatic heterocycles. The molecule has 0 aliphatic heterocycles. The molecule has 0 spiro atoms. The SMILES string of the molecule is CCCCCC(=O)Nc1cccc(S(=O)(=O)Nc2ccc(Cl)cc2)c1. The van der Waals surface area contributed by atoms with Crippen LogP contribution in [0.3, 0.4) is 0 Å². The number of amides is 1. The standard InChI is InChI=1S/C18H21ClN2O3S/c1-2-3-4-8-18(22)20-16-6-5-7-17(13-16)25(23,24)21-15-11-9-14(19)10-12-15/h5-7,9-13,21H,2-4,8H2,1H3,(H,20,22). The zero-order valence-corrected chi connectivity index (χ0v) is 15.5. The maximum Gasteiger partial charge on any atom is 0.261 e. The summed E-state index contributed by atoms with van der Waals surface area (Å²) < 4.78 is 27.4. The van der Waals surface area contributed by atoms with E-state index in [1.807, 2.05) is 0 Å². The quantitative estimate of drug-likeness (QED) is 0.654. The number of anilines is 2. The lowest BCUT2D eigenvalue weighted by molar-refractivity contribution is -0.116. The summed E-state index contributed by atoms with van der Waals surface area (Å²) in [5, 5.41) is 3.26. The second-order valence-corrected chi connectivity index (χ2v) is 7.76. The number of hydrogen-bond acceptors (Lipinski definition) is 3. The van der Waals surface area contributed by atoms with E-state index in [9.17, 15) is 13.2 Å². The van der Waals surface area contributed by atoms with Gasteiger partial charge in [-0.15, -0.1) is 0 Å². The second kappa shape index (κ2) is 8.87. The monoisotopic (exact) mass is 380 g/mol. The molecule has 0 unspecified atom stereocenters. The van der Waals surface area contributed by atoms with Gasteiger partial charge in [0.15, 0.2) is 0 Å². The van der Waals surface area contributed by atoms with E-state index in [0.29, 0.717) is 22.8 Å². The molecule has 0 aliphatic carbocycles. The van der Waals surface area contributed by atoms with Gasteiger partial charge in [0, 0.05) is 22.8 Å². The molecule has 7 heteroatoms. The van der Waals surface area contributed by atoms with Crippen molar-refractivity contribution in [1.29, 1.82) is 0 Å². The predicted molar refractivity (Wildman–Crippen MR) is 101 cm³/mol. The van der Waals surface area contributed by atoms with Crippen LogP contribution in [0.25, 0.3) is 0 Å². The van der Waals surface area contributed by atoms with Crippen molar-refractivity contribution in [3.8, 4) is 0 Å². The third-order valence-corrected chi connectivity index (χ3v) is 5.16. The lowest BCUT2D eigenvalue weighted by atomic mass is 10.2. The van der Waals surface area contributed by atoms with Crippen molar-refractivity contribution in [2.24, 2.45) is 0 Å². The first kappa shape index (κ1) is 19.3. The van der Waals surface area contributed by atoms with Crippen LogP contribution in [-0.2, 0) is 14.8 Å². The Morgan fingerprint density at radius 2 is 1.76 bits per heavy atom. The smallest absolute Gasteiger partial charge is 0.261 e. The zero-order chi connectivity index (χ0) is 18.3. The van der Waals surface area contributed by atoms with Crippen LogP contribution in [0.15, 0.2) is 53.4 Å². The highest BCUT2D eigenvalue weighted by atomic mass is 35.5. The molecule has 5 nitrogen and oxygen atoms in total. The molecule has 0 fully saturated rings. The highest BCUT2D eigenvalue weighted by Gasteiger charge is 2.15. The number of carbonyl (C=O) groups is 1. The minimum atomic E-state index is -3.75. The number of benzene rings is 2. The van der Waals surface area contributed by atoms with E-state index < -0.39 is 10.0 Å². The van der Waals surface area contributed by atoms with Crippen molar-refractivity contribution < 1.29 is 13.2 Å². The van der Waals surface area contributed by atoms with Gasteiger partial charge in [0.05, 0.1) is 4.90 Å². The Morgan fingerprint density at radius 3 is 2.44 bits per heavy atom. The second-order valence-electron chi connectivity index (χ2n) is 5.65. The Bertz CT molecular complexity index is 820. The van der Waals surface area contributed by atoms with Crippen LogP contribution in [0.5, 0.6) is 0 Å². The molecule has 0 bridgehead atoms. The van der Waals surface area contributed by atoms with E-state index in [2.05, 4.69) is 17.0 Å². The van der Waals surface area contributed by atoms with Crippen molar-refractivity contribution in [3.63, 3.8) is 0 Å². The number of sulfonamides is 1. The maximum absolute atomic E-state index is 12.5. The number of hydrogen-bond donors (Lipinski definition) is 2. The van der Waals surface area contributed by atoms with Gasteiger partial charge in [0.2, 0.25) is 5.91 Å². The minimum absolute atomic E-state index is 0.0776. The van der Waals surface area contributed by atoms with Crippen molar-refractivity contribution in [2.75, 3.05) is 10.0 Å². The van der Waals surface area contributed by atoms with Crippen molar-refractivity contribution in [3.05, 3.63) is 53.6 Å². The third kappa shape index (κ3) is 6.07. The average Bonchev–Trinajstić information content (AvgIpc) is 2.57. The van der Waals surface area contributed by atoms with E-state index in [1.54, 1.807) is 36.4 Å². The van der Waals surface area contributed by atoms with E-state index in [-0.39, 0.29) is 10.8 Å². The van der Waals surface area contributed by atoms with Crippen LogP contribution in [0.1, 0.15) is 32.6 Å². The summed E-state index contributed by atoms with van der Waals surface area (Å²) in [6.07, 6.45) is 3.27. The van der Waals surface area contributed by atoms with Crippen molar-refractivity contribution >= 4 is 38.9 Å². The fourth-order valence-corrected chi connectivity index (χ4v) is 3.46. The normalized spacial score (nSPS) is 11.1. The first-order chi connectivity index (χ1) is 11.9. The van der Waals surface area contributed by atoms with E-state index in [0.717, 1.165) is 19.3 Å². The molecule has 2 N–H and O–H groups in total. The van der Waals surface area contributed by atoms with Crippen LogP contribution in [-0.4, -0.2) is 14.3 Å². The van der Waals surface area contributed by atoms with Gasteiger partial charge < -0.3 is 5.32 Å². The molecule has 25 heavy (non-hydrogen) atoms. The number of halogens is 1. The minimum Gasteiger partial charge on any atom is -0.326 e. The summed E-state index contributed by atoms with van der Waals surface area (Å²) in [5.41, 5.74) is 0.874. The topological polar surface area (TPSA) is 75.3 Å². The van der Waals surface area contributed by atoms with Gasteiger partial charge in [0.25, 0.3) is 10.0 Å². The molecular formula is C18H21ClN2O3S. The van der Waals surface area contributed by atoms with Gasteiger partial charge in [-0.2, -0.15) is 0 Å². The summed E-state index contributed by atoms with van der Waals surface area (Å²) in [5.74, 6) is -0.117. The molecule has 0 saturated heterocycles. The first-order valence-electron chi connectivity index (χ1n) is 8.09. The summed E-state index contributed by atoms with van der Waals surface area (Å²) in [7, 11) is -3.75. The van der Waals surface area contributed by atoms with Gasteiger partial charge >= 0.3 is 0 Å². The number of rotatable bonds is 8. The van der Waals surface area contributed by atoms with Crippen LogP contribution in [0.4, 0.5) is 11.4 Å².